The van der Waals surface area contributed by atoms with E-state index >= 15 is 0 Å². The first kappa shape index (κ1) is 13.6. The van der Waals surface area contributed by atoms with Crippen molar-refractivity contribution in [2.45, 2.75) is 44.6 Å². The first-order valence-corrected chi connectivity index (χ1v) is 6.88. The van der Waals surface area contributed by atoms with Crippen LogP contribution in [0.4, 0.5) is 0 Å². The van der Waals surface area contributed by atoms with E-state index in [9.17, 15) is 9.90 Å². The molecule has 1 aliphatic rings. The fourth-order valence-corrected chi connectivity index (χ4v) is 2.95. The van der Waals surface area contributed by atoms with E-state index in [0.717, 1.165) is 31.2 Å². The number of hydrogen-bond acceptors (Lipinski definition) is 2. The zero-order valence-electron chi connectivity index (χ0n) is 10.6. The molecule has 3 atom stereocenters. The Hall–Kier alpha value is -0.860. The van der Waals surface area contributed by atoms with Gasteiger partial charge in [-0.3, -0.25) is 4.79 Å². The van der Waals surface area contributed by atoms with Gasteiger partial charge in [-0.1, -0.05) is 23.7 Å². The maximum Gasteiger partial charge on any atom is 0.137 e. The monoisotopic (exact) mass is 266 g/mol. The summed E-state index contributed by atoms with van der Waals surface area (Å²) in [6, 6.07) is 7.52. The summed E-state index contributed by atoms with van der Waals surface area (Å²) >= 11 is 5.87. The maximum atomic E-state index is 11.8. The highest BCUT2D eigenvalue weighted by Crippen LogP contribution is 2.35. The van der Waals surface area contributed by atoms with E-state index in [1.165, 1.54) is 0 Å². The molecule has 0 aromatic heterocycles. The van der Waals surface area contributed by atoms with Crippen molar-refractivity contribution in [1.29, 1.82) is 0 Å². The average molecular weight is 267 g/mol. The van der Waals surface area contributed by atoms with Crippen LogP contribution in [0.25, 0.3) is 0 Å². The zero-order chi connectivity index (χ0) is 13.1. The Morgan fingerprint density at radius 2 is 2.06 bits per heavy atom. The summed E-state index contributed by atoms with van der Waals surface area (Å²) in [7, 11) is 0. The van der Waals surface area contributed by atoms with Gasteiger partial charge >= 0.3 is 0 Å². The molecule has 1 aromatic rings. The van der Waals surface area contributed by atoms with Crippen LogP contribution in [-0.4, -0.2) is 17.0 Å². The van der Waals surface area contributed by atoms with Crippen molar-refractivity contribution in [3.8, 4) is 0 Å². The predicted molar refractivity (Wildman–Crippen MR) is 72.8 cm³/mol. The summed E-state index contributed by atoms with van der Waals surface area (Å²) in [4.78, 5) is 11.8. The molecule has 3 heteroatoms. The van der Waals surface area contributed by atoms with Gasteiger partial charge in [-0.15, -0.1) is 0 Å². The number of Topliss-reactive ketones (excluding diaryl/α,β-unsaturated/α-hetero) is 1. The Morgan fingerprint density at radius 1 is 1.39 bits per heavy atom. The highest BCUT2D eigenvalue weighted by Gasteiger charge is 2.28. The van der Waals surface area contributed by atoms with Gasteiger partial charge in [0.25, 0.3) is 0 Å². The Kier molecular flexibility index (Phi) is 4.41. The standard InChI is InChI=1S/C15H19ClO2/c1-10(17)15(9-11-2-7-14(18)8-11)12-3-5-13(16)6-4-12/h3-6,11,14-15,18H,2,7-9H2,1H3/t11?,14-,15-/m1/s1. The number of rotatable bonds is 4. The summed E-state index contributed by atoms with van der Waals surface area (Å²) in [6.45, 7) is 1.64. The normalized spacial score (nSPS) is 25.1. The summed E-state index contributed by atoms with van der Waals surface area (Å²) in [5, 5.41) is 10.2. The predicted octanol–water partition coefficient (Wildman–Crippen LogP) is 3.56. The number of aliphatic hydroxyl groups is 1. The van der Waals surface area contributed by atoms with Gasteiger partial charge in [0, 0.05) is 10.9 Å². The molecule has 1 aromatic carbocycles. The third-order valence-electron chi connectivity index (χ3n) is 3.85. The Morgan fingerprint density at radius 3 is 2.56 bits per heavy atom. The Balaban J connectivity index is 2.08. The lowest BCUT2D eigenvalue weighted by Gasteiger charge is -2.18. The molecular weight excluding hydrogens is 248 g/mol. The van der Waals surface area contributed by atoms with Gasteiger partial charge in [0.2, 0.25) is 0 Å². The van der Waals surface area contributed by atoms with Gasteiger partial charge in [0.05, 0.1) is 6.10 Å². The highest BCUT2D eigenvalue weighted by atomic mass is 35.5. The quantitative estimate of drug-likeness (QED) is 0.905. The molecule has 98 valence electrons. The molecule has 0 bridgehead atoms. The van der Waals surface area contributed by atoms with Crippen LogP contribution in [-0.2, 0) is 4.79 Å². The molecule has 2 rings (SSSR count). The number of carbonyl (C=O) groups excluding carboxylic acids is 1. The molecule has 0 spiro atoms. The van der Waals surface area contributed by atoms with E-state index < -0.39 is 0 Å². The second-order valence-electron chi connectivity index (χ2n) is 5.28. The third kappa shape index (κ3) is 3.33. The molecule has 0 radical (unpaired) electrons. The second kappa shape index (κ2) is 5.85. The van der Waals surface area contributed by atoms with Crippen LogP contribution in [0.15, 0.2) is 24.3 Å². The van der Waals surface area contributed by atoms with E-state index in [4.69, 9.17) is 11.6 Å². The average Bonchev–Trinajstić information content (AvgIpc) is 2.73. The molecule has 1 N–H and O–H groups in total. The van der Waals surface area contributed by atoms with Crippen molar-refractivity contribution in [2.75, 3.05) is 0 Å². The van der Waals surface area contributed by atoms with Crippen LogP contribution >= 0.6 is 11.6 Å². The molecular formula is C15H19ClO2. The lowest BCUT2D eigenvalue weighted by molar-refractivity contribution is -0.118. The minimum absolute atomic E-state index is 0.0578. The topological polar surface area (TPSA) is 37.3 Å². The van der Waals surface area contributed by atoms with Gasteiger partial charge in [0.1, 0.15) is 5.78 Å². The molecule has 0 aliphatic heterocycles. The van der Waals surface area contributed by atoms with Gasteiger partial charge in [-0.25, -0.2) is 0 Å². The van der Waals surface area contributed by atoms with Crippen molar-refractivity contribution >= 4 is 17.4 Å². The van der Waals surface area contributed by atoms with E-state index in [-0.39, 0.29) is 17.8 Å². The molecule has 0 amide bonds. The zero-order valence-corrected chi connectivity index (χ0v) is 11.4. The van der Waals surface area contributed by atoms with E-state index in [2.05, 4.69) is 0 Å². The number of carbonyl (C=O) groups is 1. The summed E-state index contributed by atoms with van der Waals surface area (Å²) < 4.78 is 0. The van der Waals surface area contributed by atoms with Crippen LogP contribution in [0.3, 0.4) is 0 Å². The third-order valence-corrected chi connectivity index (χ3v) is 4.10. The Labute approximate surface area is 113 Å². The SMILES string of the molecule is CC(=O)[C@@H](CC1CC[C@@H](O)C1)c1ccc(Cl)cc1. The second-order valence-corrected chi connectivity index (χ2v) is 5.72. The summed E-state index contributed by atoms with van der Waals surface area (Å²) in [6.07, 6.45) is 3.40. The largest absolute Gasteiger partial charge is 0.393 e. The van der Waals surface area contributed by atoms with Crippen LogP contribution in [0.5, 0.6) is 0 Å². The molecule has 1 unspecified atom stereocenters. The number of ketones is 1. The molecule has 0 heterocycles. The van der Waals surface area contributed by atoms with Gasteiger partial charge in [0.15, 0.2) is 0 Å². The van der Waals surface area contributed by atoms with E-state index in [0.29, 0.717) is 10.9 Å². The number of halogens is 1. The van der Waals surface area contributed by atoms with Gasteiger partial charge < -0.3 is 5.11 Å². The molecule has 1 fully saturated rings. The fourth-order valence-electron chi connectivity index (χ4n) is 2.83. The minimum atomic E-state index is -0.173. The van der Waals surface area contributed by atoms with E-state index in [1.54, 1.807) is 6.92 Å². The summed E-state index contributed by atoms with van der Waals surface area (Å²) in [5.74, 6) is 0.598. The van der Waals surface area contributed by atoms with Crippen molar-refractivity contribution in [2.24, 2.45) is 5.92 Å². The molecule has 1 saturated carbocycles. The number of hydrogen-bond donors (Lipinski definition) is 1. The van der Waals surface area contributed by atoms with Crippen LogP contribution in [0, 0.1) is 5.92 Å². The van der Waals surface area contributed by atoms with Crippen molar-refractivity contribution in [1.82, 2.24) is 0 Å². The fraction of sp³-hybridized carbons (Fsp3) is 0.533. The van der Waals surface area contributed by atoms with Crippen molar-refractivity contribution in [3.05, 3.63) is 34.9 Å². The van der Waals surface area contributed by atoms with Gasteiger partial charge in [-0.2, -0.15) is 0 Å². The molecule has 18 heavy (non-hydrogen) atoms. The number of benzene rings is 1. The van der Waals surface area contributed by atoms with Crippen molar-refractivity contribution < 1.29 is 9.90 Å². The first-order valence-electron chi connectivity index (χ1n) is 6.50. The lowest BCUT2D eigenvalue weighted by atomic mass is 9.85. The summed E-state index contributed by atoms with van der Waals surface area (Å²) in [5.41, 5.74) is 1.04. The molecule has 1 aliphatic carbocycles. The first-order chi connectivity index (χ1) is 8.56. The van der Waals surface area contributed by atoms with Gasteiger partial charge in [-0.05, 0) is 56.2 Å². The smallest absolute Gasteiger partial charge is 0.137 e. The Bertz CT molecular complexity index is 413. The highest BCUT2D eigenvalue weighted by molar-refractivity contribution is 6.30. The molecule has 0 saturated heterocycles. The molecule has 2 nitrogen and oxygen atoms in total. The lowest BCUT2D eigenvalue weighted by Crippen LogP contribution is -2.13. The number of aliphatic hydroxyl groups excluding tert-OH is 1. The van der Waals surface area contributed by atoms with E-state index in [1.807, 2.05) is 24.3 Å². The van der Waals surface area contributed by atoms with Crippen LogP contribution in [0.1, 0.15) is 44.1 Å². The van der Waals surface area contributed by atoms with Crippen molar-refractivity contribution in [3.63, 3.8) is 0 Å². The minimum Gasteiger partial charge on any atom is -0.393 e. The maximum absolute atomic E-state index is 11.8. The van der Waals surface area contributed by atoms with Crippen LogP contribution in [0.2, 0.25) is 5.02 Å². The van der Waals surface area contributed by atoms with Crippen LogP contribution < -0.4 is 0 Å².